The van der Waals surface area contributed by atoms with E-state index in [1.165, 1.54) is 11.3 Å². The standard InChI is InChI=1S/C10H18OSi/c1-5-9-7-6-8-10(9)11-12(2,3)4/h6-7H,5,8H2,1-4H3. The molecule has 2 heteroatoms. The third-order valence-electron chi connectivity index (χ3n) is 1.79. The molecule has 0 N–H and O–H groups in total. The van der Waals surface area contributed by atoms with Gasteiger partial charge in [0.05, 0.1) is 5.76 Å². The van der Waals surface area contributed by atoms with Crippen LogP contribution in [0.1, 0.15) is 19.8 Å². The van der Waals surface area contributed by atoms with E-state index in [-0.39, 0.29) is 0 Å². The molecule has 0 spiro atoms. The Kier molecular flexibility index (Phi) is 2.78. The Hall–Kier alpha value is -0.503. The Morgan fingerprint density at radius 1 is 1.42 bits per heavy atom. The van der Waals surface area contributed by atoms with Crippen LogP contribution in [0.25, 0.3) is 0 Å². The van der Waals surface area contributed by atoms with Gasteiger partial charge < -0.3 is 4.43 Å². The lowest BCUT2D eigenvalue weighted by Crippen LogP contribution is -2.24. The second-order valence-electron chi connectivity index (χ2n) is 4.12. The summed E-state index contributed by atoms with van der Waals surface area (Å²) in [6.45, 7) is 8.86. The van der Waals surface area contributed by atoms with Crippen molar-refractivity contribution in [2.75, 3.05) is 0 Å². The molecule has 0 aliphatic heterocycles. The van der Waals surface area contributed by atoms with Gasteiger partial charge in [0.2, 0.25) is 8.32 Å². The first-order valence-electron chi connectivity index (χ1n) is 4.60. The third-order valence-corrected chi connectivity index (χ3v) is 2.65. The Morgan fingerprint density at radius 2 is 2.08 bits per heavy atom. The minimum atomic E-state index is -1.38. The molecule has 0 aromatic heterocycles. The lowest BCUT2D eigenvalue weighted by molar-refractivity contribution is 0.409. The lowest BCUT2D eigenvalue weighted by atomic mass is 10.2. The molecule has 68 valence electrons. The van der Waals surface area contributed by atoms with Crippen LogP contribution in [0, 0.1) is 0 Å². The quantitative estimate of drug-likeness (QED) is 0.607. The van der Waals surface area contributed by atoms with E-state index in [0.717, 1.165) is 12.8 Å². The molecule has 1 aliphatic rings. The highest BCUT2D eigenvalue weighted by molar-refractivity contribution is 6.70. The Balaban J connectivity index is 2.65. The summed E-state index contributed by atoms with van der Waals surface area (Å²) in [5.41, 5.74) is 1.39. The highest BCUT2D eigenvalue weighted by Crippen LogP contribution is 2.25. The molecule has 0 heterocycles. The van der Waals surface area contributed by atoms with E-state index in [2.05, 4.69) is 38.7 Å². The highest BCUT2D eigenvalue weighted by atomic mass is 28.4. The topological polar surface area (TPSA) is 9.23 Å². The van der Waals surface area contributed by atoms with Crippen molar-refractivity contribution in [2.45, 2.75) is 39.4 Å². The Morgan fingerprint density at radius 3 is 2.58 bits per heavy atom. The normalized spacial score (nSPS) is 17.3. The predicted molar refractivity (Wildman–Crippen MR) is 55.5 cm³/mol. The van der Waals surface area contributed by atoms with Gasteiger partial charge in [-0.2, -0.15) is 0 Å². The fraction of sp³-hybridized carbons (Fsp3) is 0.600. The van der Waals surface area contributed by atoms with E-state index in [1.807, 2.05) is 0 Å². The molecule has 1 nitrogen and oxygen atoms in total. The van der Waals surface area contributed by atoms with E-state index < -0.39 is 8.32 Å². The molecular weight excluding hydrogens is 164 g/mol. The summed E-state index contributed by atoms with van der Waals surface area (Å²) in [5, 5.41) is 0. The van der Waals surface area contributed by atoms with Gasteiger partial charge in [-0.15, -0.1) is 0 Å². The minimum Gasteiger partial charge on any atom is -0.547 e. The maximum atomic E-state index is 5.96. The molecule has 0 saturated heterocycles. The van der Waals surface area contributed by atoms with Crippen LogP contribution in [0.2, 0.25) is 19.6 Å². The van der Waals surface area contributed by atoms with Crippen LogP contribution in [0.4, 0.5) is 0 Å². The first kappa shape index (κ1) is 9.58. The van der Waals surface area contributed by atoms with Gasteiger partial charge in [-0.3, -0.25) is 0 Å². The summed E-state index contributed by atoms with van der Waals surface area (Å²) < 4.78 is 5.96. The summed E-state index contributed by atoms with van der Waals surface area (Å²) in [5.74, 6) is 1.22. The van der Waals surface area contributed by atoms with Crippen LogP contribution in [0.15, 0.2) is 23.5 Å². The maximum Gasteiger partial charge on any atom is 0.241 e. The molecule has 0 fully saturated rings. The van der Waals surface area contributed by atoms with Crippen molar-refractivity contribution in [3.8, 4) is 0 Å². The molecule has 0 saturated carbocycles. The van der Waals surface area contributed by atoms with Crippen molar-refractivity contribution >= 4 is 8.32 Å². The van der Waals surface area contributed by atoms with Crippen LogP contribution < -0.4 is 0 Å². The van der Waals surface area contributed by atoms with Crippen molar-refractivity contribution < 1.29 is 4.43 Å². The molecule has 0 unspecified atom stereocenters. The van der Waals surface area contributed by atoms with Crippen LogP contribution in [-0.4, -0.2) is 8.32 Å². The van der Waals surface area contributed by atoms with Crippen molar-refractivity contribution in [3.05, 3.63) is 23.5 Å². The van der Waals surface area contributed by atoms with Crippen LogP contribution >= 0.6 is 0 Å². The second-order valence-corrected chi connectivity index (χ2v) is 8.55. The zero-order chi connectivity index (χ0) is 9.19. The molecule has 0 amide bonds. The second kappa shape index (κ2) is 3.48. The van der Waals surface area contributed by atoms with Crippen LogP contribution in [0.3, 0.4) is 0 Å². The van der Waals surface area contributed by atoms with Crippen LogP contribution in [-0.2, 0) is 4.43 Å². The summed E-state index contributed by atoms with van der Waals surface area (Å²) in [6, 6.07) is 0. The van der Waals surface area contributed by atoms with Crippen molar-refractivity contribution in [1.82, 2.24) is 0 Å². The van der Waals surface area contributed by atoms with Gasteiger partial charge in [-0.05, 0) is 31.6 Å². The number of hydrogen-bond acceptors (Lipinski definition) is 1. The molecule has 0 bridgehead atoms. The van der Waals surface area contributed by atoms with Crippen molar-refractivity contribution in [3.63, 3.8) is 0 Å². The first-order valence-corrected chi connectivity index (χ1v) is 8.01. The van der Waals surface area contributed by atoms with Gasteiger partial charge in [0.1, 0.15) is 0 Å². The molecule has 0 atom stereocenters. The third kappa shape index (κ3) is 2.52. The van der Waals surface area contributed by atoms with Crippen LogP contribution in [0.5, 0.6) is 0 Å². The average Bonchev–Trinajstić information content (AvgIpc) is 2.31. The number of hydrogen-bond donors (Lipinski definition) is 0. The smallest absolute Gasteiger partial charge is 0.241 e. The largest absolute Gasteiger partial charge is 0.547 e. The van der Waals surface area contributed by atoms with Gasteiger partial charge in [0.25, 0.3) is 0 Å². The summed E-state index contributed by atoms with van der Waals surface area (Å²) >= 11 is 0. The van der Waals surface area contributed by atoms with Gasteiger partial charge in [-0.1, -0.05) is 19.1 Å². The molecule has 12 heavy (non-hydrogen) atoms. The fourth-order valence-corrected chi connectivity index (χ4v) is 2.28. The Labute approximate surface area is 76.3 Å². The highest BCUT2D eigenvalue weighted by Gasteiger charge is 2.19. The summed E-state index contributed by atoms with van der Waals surface area (Å²) in [6.07, 6.45) is 6.48. The van der Waals surface area contributed by atoms with E-state index in [9.17, 15) is 0 Å². The molecule has 0 aromatic rings. The van der Waals surface area contributed by atoms with E-state index >= 15 is 0 Å². The van der Waals surface area contributed by atoms with Gasteiger partial charge >= 0.3 is 0 Å². The fourth-order valence-electron chi connectivity index (χ4n) is 1.32. The van der Waals surface area contributed by atoms with E-state index in [0.29, 0.717) is 0 Å². The zero-order valence-corrected chi connectivity index (χ0v) is 9.48. The lowest BCUT2D eigenvalue weighted by Gasteiger charge is -2.21. The summed E-state index contributed by atoms with van der Waals surface area (Å²) in [7, 11) is -1.38. The van der Waals surface area contributed by atoms with Gasteiger partial charge in [-0.25, -0.2) is 0 Å². The van der Waals surface area contributed by atoms with Gasteiger partial charge in [0, 0.05) is 6.42 Å². The van der Waals surface area contributed by atoms with Crippen molar-refractivity contribution in [1.29, 1.82) is 0 Å². The SMILES string of the molecule is CCC1=C(O[Si](C)(C)C)CC=C1. The Bertz CT molecular complexity index is 220. The van der Waals surface area contributed by atoms with E-state index in [1.54, 1.807) is 0 Å². The zero-order valence-electron chi connectivity index (χ0n) is 8.48. The maximum absolute atomic E-state index is 5.96. The average molecular weight is 182 g/mol. The first-order chi connectivity index (χ1) is 5.53. The minimum absolute atomic E-state index is 1.01. The monoisotopic (exact) mass is 182 g/mol. The molecule has 1 aliphatic carbocycles. The van der Waals surface area contributed by atoms with Gasteiger partial charge in [0.15, 0.2) is 0 Å². The number of allylic oxidation sites excluding steroid dienone is 3. The predicted octanol–water partition coefficient (Wildman–Crippen LogP) is 3.46. The summed E-state index contributed by atoms with van der Waals surface area (Å²) in [4.78, 5) is 0. The molecule has 0 aromatic carbocycles. The molecule has 1 rings (SSSR count). The number of rotatable bonds is 3. The molecule has 0 radical (unpaired) electrons. The van der Waals surface area contributed by atoms with Crippen molar-refractivity contribution in [2.24, 2.45) is 0 Å². The van der Waals surface area contributed by atoms with E-state index in [4.69, 9.17) is 4.43 Å². The molecular formula is C10H18OSi.